The molecule has 34 heavy (non-hydrogen) atoms. The number of aromatic amines is 2. The minimum absolute atomic E-state index is 0.00318. The Balaban J connectivity index is 1.26. The molecule has 3 amide bonds. The Labute approximate surface area is 196 Å². The van der Waals surface area contributed by atoms with Gasteiger partial charge in [0.2, 0.25) is 17.7 Å². The quantitative estimate of drug-likeness (QED) is 0.210. The molecule has 9 nitrogen and oxygen atoms in total. The van der Waals surface area contributed by atoms with Gasteiger partial charge in [0.15, 0.2) is 0 Å². The summed E-state index contributed by atoms with van der Waals surface area (Å²) in [6.45, 7) is 0.102. The van der Waals surface area contributed by atoms with Crippen LogP contribution >= 0.6 is 0 Å². The fraction of sp³-hybridized carbons (Fsp3) is 0.240. The smallest absolute Gasteiger partial charge is 0.240 e. The Morgan fingerprint density at radius 2 is 1.41 bits per heavy atom. The molecule has 0 aliphatic carbocycles. The van der Waals surface area contributed by atoms with Gasteiger partial charge in [-0.2, -0.15) is 0 Å². The van der Waals surface area contributed by atoms with E-state index in [0.29, 0.717) is 6.42 Å². The number of benzene rings is 2. The Morgan fingerprint density at radius 1 is 0.853 bits per heavy atom. The molecule has 0 bridgehead atoms. The number of primary amides is 1. The van der Waals surface area contributed by atoms with Crippen LogP contribution in [0.2, 0.25) is 0 Å². The number of fused-ring (bicyclic) bond motifs is 2. The predicted octanol–water partition coefficient (Wildman–Crippen LogP) is 1.24. The van der Waals surface area contributed by atoms with Gasteiger partial charge in [0.1, 0.15) is 6.04 Å². The molecule has 4 rings (SSSR count). The van der Waals surface area contributed by atoms with Crippen LogP contribution in [0.3, 0.4) is 0 Å². The van der Waals surface area contributed by atoms with Crippen LogP contribution in [0.15, 0.2) is 60.9 Å². The van der Waals surface area contributed by atoms with Crippen LogP contribution in [0.5, 0.6) is 0 Å². The number of hydrogen-bond donors (Lipinski definition) is 6. The largest absolute Gasteiger partial charge is 0.368 e. The number of nitrogens with two attached hydrogens (primary N) is 2. The first-order valence-electron chi connectivity index (χ1n) is 11.1. The molecule has 2 atom stereocenters. The average Bonchev–Trinajstić information content (AvgIpc) is 3.43. The molecule has 0 saturated heterocycles. The lowest BCUT2D eigenvalue weighted by Gasteiger charge is -2.16. The fourth-order valence-corrected chi connectivity index (χ4v) is 4.07. The highest BCUT2D eigenvalue weighted by Crippen LogP contribution is 2.20. The zero-order valence-electron chi connectivity index (χ0n) is 18.6. The van der Waals surface area contributed by atoms with Crippen LogP contribution in [-0.4, -0.2) is 46.3 Å². The number of hydrogen-bond acceptors (Lipinski definition) is 4. The molecule has 0 spiro atoms. The van der Waals surface area contributed by atoms with E-state index < -0.39 is 18.0 Å². The standard InChI is InChI=1S/C25H28N6O3/c26-19(11-15-13-29-20-7-3-1-5-17(15)20)25(34)28-10-9-23(32)31-22(24(27)33)12-16-14-30-21-8-4-2-6-18(16)21/h1-8,13-14,19,22,29-30H,9-12,26H2,(H2,27,33)(H,28,34)(H,31,32)/t19-,22+/m0/s1. The number of rotatable bonds is 10. The number of carbonyl (C=O) groups is 3. The van der Waals surface area contributed by atoms with E-state index in [4.69, 9.17) is 11.5 Å². The lowest BCUT2D eigenvalue weighted by Crippen LogP contribution is -2.47. The van der Waals surface area contributed by atoms with Crippen molar-refractivity contribution in [3.63, 3.8) is 0 Å². The average molecular weight is 461 g/mol. The molecule has 4 aromatic rings. The highest BCUT2D eigenvalue weighted by molar-refractivity contribution is 5.89. The van der Waals surface area contributed by atoms with Crippen LogP contribution in [0.25, 0.3) is 21.8 Å². The van der Waals surface area contributed by atoms with Gasteiger partial charge in [0, 0.05) is 53.6 Å². The van der Waals surface area contributed by atoms with Crippen LogP contribution in [0.4, 0.5) is 0 Å². The number of carbonyl (C=O) groups excluding carboxylic acids is 3. The number of nitrogens with one attached hydrogen (secondary N) is 4. The van der Waals surface area contributed by atoms with E-state index in [2.05, 4.69) is 20.6 Å². The van der Waals surface area contributed by atoms with Crippen LogP contribution in [0.1, 0.15) is 17.5 Å². The third-order valence-electron chi connectivity index (χ3n) is 5.88. The van der Waals surface area contributed by atoms with Gasteiger partial charge in [-0.25, -0.2) is 0 Å². The summed E-state index contributed by atoms with van der Waals surface area (Å²) in [4.78, 5) is 43.0. The first-order valence-corrected chi connectivity index (χ1v) is 11.1. The number of aromatic nitrogens is 2. The zero-order valence-corrected chi connectivity index (χ0v) is 18.6. The molecule has 0 unspecified atom stereocenters. The topological polar surface area (TPSA) is 159 Å². The second-order valence-corrected chi connectivity index (χ2v) is 8.30. The van der Waals surface area contributed by atoms with E-state index in [1.807, 2.05) is 60.9 Å². The van der Waals surface area contributed by atoms with E-state index in [1.54, 1.807) is 0 Å². The third-order valence-corrected chi connectivity index (χ3v) is 5.88. The maximum absolute atomic E-state index is 12.4. The SMILES string of the molecule is NC(=O)[C@@H](Cc1c[nH]c2ccccc12)NC(=O)CCNC(=O)[C@@H](N)Cc1c[nH]c2ccccc12. The van der Waals surface area contributed by atoms with Gasteiger partial charge >= 0.3 is 0 Å². The summed E-state index contributed by atoms with van der Waals surface area (Å²) in [5.41, 5.74) is 15.4. The van der Waals surface area contributed by atoms with E-state index in [0.717, 1.165) is 32.9 Å². The van der Waals surface area contributed by atoms with Gasteiger partial charge in [-0.1, -0.05) is 36.4 Å². The van der Waals surface area contributed by atoms with Crippen molar-refractivity contribution in [2.24, 2.45) is 11.5 Å². The molecule has 2 aromatic heterocycles. The maximum Gasteiger partial charge on any atom is 0.240 e. The third kappa shape index (κ3) is 5.26. The minimum atomic E-state index is -0.855. The van der Waals surface area contributed by atoms with E-state index >= 15 is 0 Å². The molecule has 0 fully saturated rings. The summed E-state index contributed by atoms with van der Waals surface area (Å²) < 4.78 is 0. The molecule has 0 aliphatic rings. The van der Waals surface area contributed by atoms with Crippen LogP contribution < -0.4 is 22.1 Å². The second-order valence-electron chi connectivity index (χ2n) is 8.30. The van der Waals surface area contributed by atoms with E-state index in [9.17, 15) is 14.4 Å². The highest BCUT2D eigenvalue weighted by atomic mass is 16.2. The molecule has 2 heterocycles. The summed E-state index contributed by atoms with van der Waals surface area (Å²) >= 11 is 0. The summed E-state index contributed by atoms with van der Waals surface area (Å²) in [5, 5.41) is 7.35. The van der Waals surface area contributed by atoms with Gasteiger partial charge in [-0.05, 0) is 29.7 Å². The lowest BCUT2D eigenvalue weighted by molar-refractivity contribution is -0.127. The van der Waals surface area contributed by atoms with Gasteiger partial charge in [-0.3, -0.25) is 14.4 Å². The van der Waals surface area contributed by atoms with Crippen molar-refractivity contribution in [2.45, 2.75) is 31.3 Å². The molecule has 0 saturated carbocycles. The second kappa shape index (κ2) is 10.2. The Kier molecular flexibility index (Phi) is 6.93. The molecular weight excluding hydrogens is 432 g/mol. The van der Waals surface area contributed by atoms with Crippen molar-refractivity contribution >= 4 is 39.5 Å². The Morgan fingerprint density at radius 3 is 2.00 bits per heavy atom. The molecule has 9 heteroatoms. The van der Waals surface area contributed by atoms with Crippen molar-refractivity contribution in [1.29, 1.82) is 0 Å². The molecule has 2 aromatic carbocycles. The first kappa shape index (κ1) is 23.1. The fourth-order valence-electron chi connectivity index (χ4n) is 4.07. The van der Waals surface area contributed by atoms with Gasteiger partial charge in [0.05, 0.1) is 6.04 Å². The molecule has 176 valence electrons. The lowest BCUT2D eigenvalue weighted by atomic mass is 10.0. The highest BCUT2D eigenvalue weighted by Gasteiger charge is 2.21. The van der Waals surface area contributed by atoms with E-state index in [1.165, 1.54) is 0 Å². The van der Waals surface area contributed by atoms with Gasteiger partial charge in [0.25, 0.3) is 0 Å². The Bertz CT molecular complexity index is 1320. The first-order chi connectivity index (χ1) is 16.4. The predicted molar refractivity (Wildman–Crippen MR) is 131 cm³/mol. The normalized spacial score (nSPS) is 13.0. The number of para-hydroxylation sites is 2. The number of amides is 3. The minimum Gasteiger partial charge on any atom is -0.368 e. The zero-order chi connectivity index (χ0) is 24.1. The number of H-pyrrole nitrogens is 2. The van der Waals surface area contributed by atoms with Crippen LogP contribution in [-0.2, 0) is 27.2 Å². The van der Waals surface area contributed by atoms with Crippen molar-refractivity contribution in [3.05, 3.63) is 72.1 Å². The molecule has 8 N–H and O–H groups in total. The summed E-state index contributed by atoms with van der Waals surface area (Å²) in [5.74, 6) is -1.35. The monoisotopic (exact) mass is 460 g/mol. The summed E-state index contributed by atoms with van der Waals surface area (Å²) in [7, 11) is 0. The maximum atomic E-state index is 12.4. The summed E-state index contributed by atoms with van der Waals surface area (Å²) in [6, 6.07) is 13.9. The van der Waals surface area contributed by atoms with Crippen molar-refractivity contribution in [1.82, 2.24) is 20.6 Å². The summed E-state index contributed by atoms with van der Waals surface area (Å²) in [6.07, 6.45) is 4.30. The molecule has 0 radical (unpaired) electrons. The van der Waals surface area contributed by atoms with Crippen molar-refractivity contribution < 1.29 is 14.4 Å². The van der Waals surface area contributed by atoms with Crippen LogP contribution in [0, 0.1) is 0 Å². The molecule has 0 aliphatic heterocycles. The van der Waals surface area contributed by atoms with Crippen molar-refractivity contribution in [2.75, 3.05) is 6.54 Å². The van der Waals surface area contributed by atoms with Crippen molar-refractivity contribution in [3.8, 4) is 0 Å². The molecular formula is C25H28N6O3. The van der Waals surface area contributed by atoms with Gasteiger partial charge < -0.3 is 32.1 Å². The van der Waals surface area contributed by atoms with E-state index in [-0.39, 0.29) is 31.2 Å². The van der Waals surface area contributed by atoms with Gasteiger partial charge in [-0.15, -0.1) is 0 Å². The Hall–Kier alpha value is -4.11.